The summed E-state index contributed by atoms with van der Waals surface area (Å²) in [5.41, 5.74) is 1.22. The van der Waals surface area contributed by atoms with Crippen LogP contribution in [0.3, 0.4) is 0 Å². The molecule has 3 aromatic heterocycles. The van der Waals surface area contributed by atoms with Crippen molar-refractivity contribution in [3.63, 3.8) is 0 Å². The number of aromatic nitrogens is 2. The number of alkyl halides is 3. The quantitative estimate of drug-likeness (QED) is 0.240. The molecule has 38 heavy (non-hydrogen) atoms. The van der Waals surface area contributed by atoms with Gasteiger partial charge < -0.3 is 14.2 Å². The van der Waals surface area contributed by atoms with Gasteiger partial charge in [0, 0.05) is 54.4 Å². The summed E-state index contributed by atoms with van der Waals surface area (Å²) < 4.78 is 73.6. The molecule has 8 nitrogen and oxygen atoms in total. The van der Waals surface area contributed by atoms with Crippen molar-refractivity contribution in [1.29, 1.82) is 0 Å². The fourth-order valence-corrected chi connectivity index (χ4v) is 4.21. The predicted octanol–water partition coefficient (Wildman–Crippen LogP) is 4.31. The number of ether oxygens (including phenoxy) is 1. The molecule has 0 saturated carbocycles. The topological polar surface area (TPSA) is 118 Å². The van der Waals surface area contributed by atoms with Crippen LogP contribution in [0, 0.1) is 0 Å². The fraction of sp³-hybridized carbons (Fsp3) is 0.231. The highest BCUT2D eigenvalue weighted by Gasteiger charge is 2.31. The second-order valence-electron chi connectivity index (χ2n) is 8.65. The van der Waals surface area contributed by atoms with Gasteiger partial charge in [0.15, 0.2) is 5.43 Å². The first-order valence-corrected chi connectivity index (χ1v) is 13.2. The maximum Gasteiger partial charge on any atom is 0.416 e. The summed E-state index contributed by atoms with van der Waals surface area (Å²) in [5.74, 6) is 0.431. The fourth-order valence-electron chi connectivity index (χ4n) is 4.21. The van der Waals surface area contributed by atoms with E-state index in [1.165, 1.54) is 6.07 Å². The Bertz CT molecular complexity index is 1750. The molecule has 0 radical (unpaired) electrons. The SMILES string of the molecule is CS(=O)(=O)O.O=c1c(Cc2cccnc2)cn2c3cc(C(F)(F)F)ccc3c3cc(OCCCO)cc1c32. The number of nitrogens with zero attached hydrogens (tertiary/aromatic N) is 2. The van der Waals surface area contributed by atoms with Gasteiger partial charge in [-0.2, -0.15) is 21.6 Å². The lowest BCUT2D eigenvalue weighted by Crippen LogP contribution is -2.12. The summed E-state index contributed by atoms with van der Waals surface area (Å²) in [4.78, 5) is 17.5. The molecule has 0 saturated heterocycles. The number of halogens is 3. The zero-order chi connectivity index (χ0) is 27.7. The zero-order valence-electron chi connectivity index (χ0n) is 20.1. The molecule has 0 atom stereocenters. The number of rotatable bonds is 6. The standard InChI is InChI=1S/C25H19F3N2O3.CH4O3S/c26-25(27,28)17-4-5-19-20-11-18(33-8-2-7-31)12-21-23(20)30(22(19)10-17)14-16(24(21)32)9-15-3-1-6-29-13-15;1-5(2,3)4/h1,3-6,10-14,31H,2,7-9H2;1H3,(H,2,3,4). The zero-order valence-corrected chi connectivity index (χ0v) is 20.9. The van der Waals surface area contributed by atoms with E-state index in [1.54, 1.807) is 41.2 Å². The molecule has 0 fully saturated rings. The summed E-state index contributed by atoms with van der Waals surface area (Å²) >= 11 is 0. The van der Waals surface area contributed by atoms with E-state index in [1.807, 2.05) is 6.07 Å². The molecule has 5 rings (SSSR count). The normalized spacial score (nSPS) is 12.2. The van der Waals surface area contributed by atoms with Crippen LogP contribution in [0.2, 0.25) is 0 Å². The minimum Gasteiger partial charge on any atom is -0.493 e. The molecule has 0 bridgehead atoms. The van der Waals surface area contributed by atoms with Gasteiger partial charge in [-0.3, -0.25) is 14.3 Å². The average Bonchev–Trinajstić information content (AvgIpc) is 3.15. The second kappa shape index (κ2) is 10.6. The van der Waals surface area contributed by atoms with Crippen LogP contribution >= 0.6 is 0 Å². The van der Waals surface area contributed by atoms with Gasteiger partial charge in [-0.25, -0.2) is 0 Å². The molecule has 0 unspecified atom stereocenters. The highest BCUT2D eigenvalue weighted by molar-refractivity contribution is 7.85. The molecule has 0 spiro atoms. The van der Waals surface area contributed by atoms with Gasteiger partial charge in [-0.15, -0.1) is 0 Å². The first kappa shape index (κ1) is 27.3. The number of hydrogen-bond donors (Lipinski definition) is 2. The van der Waals surface area contributed by atoms with Crippen molar-refractivity contribution >= 4 is 37.3 Å². The maximum atomic E-state index is 13.4. The van der Waals surface area contributed by atoms with E-state index in [9.17, 15) is 26.4 Å². The van der Waals surface area contributed by atoms with Crippen LogP contribution in [0.25, 0.3) is 27.2 Å². The maximum absolute atomic E-state index is 13.4. The number of fused-ring (bicyclic) bond motifs is 3. The van der Waals surface area contributed by atoms with Crippen LogP contribution < -0.4 is 10.2 Å². The molecule has 5 aromatic rings. The summed E-state index contributed by atoms with van der Waals surface area (Å²) in [6.45, 7) is 0.219. The average molecular weight is 549 g/mol. The third-order valence-electron chi connectivity index (χ3n) is 5.71. The number of pyridine rings is 2. The van der Waals surface area contributed by atoms with Crippen molar-refractivity contribution in [2.24, 2.45) is 0 Å². The van der Waals surface area contributed by atoms with Crippen LogP contribution in [0.5, 0.6) is 5.75 Å². The van der Waals surface area contributed by atoms with Gasteiger partial charge >= 0.3 is 6.18 Å². The lowest BCUT2D eigenvalue weighted by Gasteiger charge is -2.10. The van der Waals surface area contributed by atoms with Crippen LogP contribution in [0.4, 0.5) is 13.2 Å². The molecule has 3 heterocycles. The Labute approximate surface area is 215 Å². The molecule has 200 valence electrons. The minimum atomic E-state index is -4.49. The Balaban J connectivity index is 0.000000617. The first-order chi connectivity index (χ1) is 17.9. The molecule has 0 aliphatic heterocycles. The van der Waals surface area contributed by atoms with Crippen molar-refractivity contribution in [1.82, 2.24) is 9.38 Å². The molecular formula is C26H23F3N2O6S. The molecule has 12 heteroatoms. The van der Waals surface area contributed by atoms with E-state index in [2.05, 4.69) is 4.98 Å². The monoisotopic (exact) mass is 548 g/mol. The van der Waals surface area contributed by atoms with E-state index in [4.69, 9.17) is 14.4 Å². The summed E-state index contributed by atoms with van der Waals surface area (Å²) in [6, 6.07) is 10.6. The highest BCUT2D eigenvalue weighted by Crippen LogP contribution is 2.38. The van der Waals surface area contributed by atoms with E-state index < -0.39 is 21.9 Å². The van der Waals surface area contributed by atoms with Gasteiger partial charge in [0.25, 0.3) is 10.1 Å². The van der Waals surface area contributed by atoms with Crippen LogP contribution in [0.15, 0.2) is 65.8 Å². The lowest BCUT2D eigenvalue weighted by molar-refractivity contribution is -0.137. The molecule has 2 N–H and O–H groups in total. The number of hydrogen-bond acceptors (Lipinski definition) is 6. The first-order valence-electron chi connectivity index (χ1n) is 11.4. The molecule has 2 aromatic carbocycles. The van der Waals surface area contributed by atoms with Crippen LogP contribution in [-0.2, 0) is 22.7 Å². The van der Waals surface area contributed by atoms with E-state index in [0.717, 1.165) is 17.7 Å². The largest absolute Gasteiger partial charge is 0.493 e. The molecule has 0 amide bonds. The summed E-state index contributed by atoms with van der Waals surface area (Å²) in [7, 11) is -3.67. The van der Waals surface area contributed by atoms with Crippen molar-refractivity contribution in [2.75, 3.05) is 19.5 Å². The third kappa shape index (κ3) is 6.04. The van der Waals surface area contributed by atoms with Gasteiger partial charge in [-0.1, -0.05) is 12.1 Å². The number of aliphatic hydroxyl groups is 1. The smallest absolute Gasteiger partial charge is 0.416 e. The molecular weight excluding hydrogens is 525 g/mol. The van der Waals surface area contributed by atoms with Crippen molar-refractivity contribution in [3.8, 4) is 5.75 Å². The molecule has 0 aliphatic rings. The van der Waals surface area contributed by atoms with E-state index in [-0.39, 0.29) is 18.6 Å². The Morgan fingerprint density at radius 1 is 1.08 bits per heavy atom. The Hall–Kier alpha value is -3.74. The Kier molecular flexibility index (Phi) is 7.58. The van der Waals surface area contributed by atoms with Gasteiger partial charge in [0.2, 0.25) is 0 Å². The van der Waals surface area contributed by atoms with Crippen molar-refractivity contribution in [2.45, 2.75) is 19.0 Å². The van der Waals surface area contributed by atoms with Crippen molar-refractivity contribution in [3.05, 3.63) is 88.0 Å². The Morgan fingerprint density at radius 2 is 1.79 bits per heavy atom. The van der Waals surface area contributed by atoms with Crippen LogP contribution in [0.1, 0.15) is 23.1 Å². The summed E-state index contributed by atoms with van der Waals surface area (Å²) in [6.07, 6.45) is 1.86. The van der Waals surface area contributed by atoms with Gasteiger partial charge in [0.05, 0.1) is 34.8 Å². The highest BCUT2D eigenvalue weighted by atomic mass is 32.2. The van der Waals surface area contributed by atoms with E-state index >= 15 is 0 Å². The van der Waals surface area contributed by atoms with Gasteiger partial charge in [-0.05, 0) is 35.9 Å². The number of benzene rings is 2. The van der Waals surface area contributed by atoms with E-state index in [0.29, 0.717) is 57.6 Å². The van der Waals surface area contributed by atoms with Crippen LogP contribution in [-0.4, -0.2) is 46.9 Å². The minimum absolute atomic E-state index is 0.0362. The number of aliphatic hydroxyl groups excluding tert-OH is 1. The lowest BCUT2D eigenvalue weighted by atomic mass is 10.0. The second-order valence-corrected chi connectivity index (χ2v) is 10.1. The predicted molar refractivity (Wildman–Crippen MR) is 137 cm³/mol. The summed E-state index contributed by atoms with van der Waals surface area (Å²) in [5, 5.41) is 10.6. The van der Waals surface area contributed by atoms with Crippen molar-refractivity contribution < 1.29 is 36.0 Å². The molecule has 0 aliphatic carbocycles. The third-order valence-corrected chi connectivity index (χ3v) is 5.71. The Morgan fingerprint density at radius 3 is 2.42 bits per heavy atom. The van der Waals surface area contributed by atoms with Gasteiger partial charge in [0.1, 0.15) is 5.75 Å².